The zero-order chi connectivity index (χ0) is 19.7. The molecule has 1 heteroatoms. The number of hydrogen-bond donors (Lipinski definition) is 0. The molecule has 0 unspecified atom stereocenters. The van der Waals surface area contributed by atoms with E-state index < -0.39 is 0 Å². The van der Waals surface area contributed by atoms with Gasteiger partial charge in [0.1, 0.15) is 0 Å². The van der Waals surface area contributed by atoms with Crippen LogP contribution in [0.1, 0.15) is 22.3 Å². The van der Waals surface area contributed by atoms with Crippen molar-refractivity contribution in [1.29, 1.82) is 0 Å². The lowest BCUT2D eigenvalue weighted by Gasteiger charge is -2.03. The largest absolute Gasteiger partial charge is 0.0900 e. The Hall–Kier alpha value is -3.65. The van der Waals surface area contributed by atoms with E-state index in [1.165, 1.54) is 0 Å². The van der Waals surface area contributed by atoms with E-state index in [0.717, 1.165) is 32.0 Å². The lowest BCUT2D eigenvalue weighted by molar-refractivity contribution is 1.39. The van der Waals surface area contributed by atoms with Crippen LogP contribution >= 0.6 is 11.8 Å². The maximum Gasteiger partial charge on any atom is 0.0260 e. The first-order valence-corrected chi connectivity index (χ1v) is 10.2. The van der Waals surface area contributed by atoms with Crippen LogP contribution in [-0.4, -0.2) is 0 Å². The Bertz CT molecular complexity index is 1120. The fraction of sp³-hybridized carbons (Fsp3) is 0. The molecule has 0 atom stereocenters. The highest BCUT2D eigenvalue weighted by atomic mass is 32.2. The van der Waals surface area contributed by atoms with Crippen molar-refractivity contribution in [3.8, 4) is 23.7 Å². The van der Waals surface area contributed by atoms with Gasteiger partial charge in [-0.2, -0.15) is 0 Å². The van der Waals surface area contributed by atoms with Gasteiger partial charge in [0, 0.05) is 32.0 Å². The third-order valence-electron chi connectivity index (χ3n) is 4.15. The van der Waals surface area contributed by atoms with E-state index in [4.69, 9.17) is 0 Å². The molecule has 0 fully saturated rings. The number of hydrogen-bond acceptors (Lipinski definition) is 1. The van der Waals surface area contributed by atoms with Crippen molar-refractivity contribution in [3.05, 3.63) is 131 Å². The molecule has 0 aliphatic rings. The van der Waals surface area contributed by atoms with Crippen LogP contribution in [0.15, 0.2) is 119 Å². The molecular formula is C28H18S. The molecule has 29 heavy (non-hydrogen) atoms. The second-order valence-electron chi connectivity index (χ2n) is 6.39. The van der Waals surface area contributed by atoms with Crippen LogP contribution in [0.2, 0.25) is 0 Å². The van der Waals surface area contributed by atoms with Crippen molar-refractivity contribution in [2.75, 3.05) is 0 Å². The highest BCUT2D eigenvalue weighted by Gasteiger charge is 1.99. The molecule has 0 saturated carbocycles. The lowest BCUT2D eigenvalue weighted by atomic mass is 10.2. The fourth-order valence-corrected chi connectivity index (χ4v) is 3.68. The number of rotatable bonds is 2. The first kappa shape index (κ1) is 18.7. The Morgan fingerprint density at radius 2 is 0.759 bits per heavy atom. The van der Waals surface area contributed by atoms with Gasteiger partial charge in [0.05, 0.1) is 0 Å². The van der Waals surface area contributed by atoms with Gasteiger partial charge in [-0.1, -0.05) is 84.0 Å². The molecule has 0 amide bonds. The van der Waals surface area contributed by atoms with Crippen LogP contribution in [0.3, 0.4) is 0 Å². The SMILES string of the molecule is C(#Cc1cccc(Sc2cccc(C#Cc3ccccc3)c2)c1)c1ccccc1. The summed E-state index contributed by atoms with van der Waals surface area (Å²) in [5, 5.41) is 0. The van der Waals surface area contributed by atoms with Crippen molar-refractivity contribution in [2.24, 2.45) is 0 Å². The second kappa shape index (κ2) is 9.52. The average molecular weight is 387 g/mol. The van der Waals surface area contributed by atoms with E-state index in [9.17, 15) is 0 Å². The van der Waals surface area contributed by atoms with Gasteiger partial charge in [0.15, 0.2) is 0 Å². The van der Waals surface area contributed by atoms with E-state index in [-0.39, 0.29) is 0 Å². The molecule has 0 aliphatic carbocycles. The van der Waals surface area contributed by atoms with Gasteiger partial charge < -0.3 is 0 Å². The maximum absolute atomic E-state index is 3.25. The Morgan fingerprint density at radius 1 is 0.379 bits per heavy atom. The Labute approximate surface area is 176 Å². The number of benzene rings is 4. The molecule has 0 aromatic heterocycles. The minimum atomic E-state index is 1.01. The standard InChI is InChI=1S/C28H18S/c1-3-9-23(10-4-1)17-19-25-13-7-15-27(21-25)29-28-16-8-14-26(22-28)20-18-24-11-5-2-6-12-24/h1-16,21-22H. The smallest absolute Gasteiger partial charge is 0.0260 e. The molecule has 0 heterocycles. The third kappa shape index (κ3) is 5.66. The molecule has 0 nitrogen and oxygen atoms in total. The summed E-state index contributed by atoms with van der Waals surface area (Å²) in [5.74, 6) is 12.9. The predicted octanol–water partition coefficient (Wildman–Crippen LogP) is 6.64. The Kier molecular flexibility index (Phi) is 6.14. The summed E-state index contributed by atoms with van der Waals surface area (Å²) >= 11 is 1.72. The predicted molar refractivity (Wildman–Crippen MR) is 122 cm³/mol. The molecular weight excluding hydrogens is 368 g/mol. The van der Waals surface area contributed by atoms with Gasteiger partial charge in [-0.3, -0.25) is 0 Å². The van der Waals surface area contributed by atoms with Crippen LogP contribution in [0.5, 0.6) is 0 Å². The maximum atomic E-state index is 3.25. The summed E-state index contributed by atoms with van der Waals surface area (Å²) in [6, 6.07) is 36.8. The van der Waals surface area contributed by atoms with Crippen molar-refractivity contribution >= 4 is 11.8 Å². The zero-order valence-electron chi connectivity index (χ0n) is 15.8. The van der Waals surface area contributed by atoms with E-state index in [1.807, 2.05) is 72.8 Å². The highest BCUT2D eigenvalue weighted by molar-refractivity contribution is 7.99. The molecule has 4 rings (SSSR count). The summed E-state index contributed by atoms with van der Waals surface area (Å²) in [5.41, 5.74) is 4.07. The van der Waals surface area contributed by atoms with E-state index in [1.54, 1.807) is 11.8 Å². The monoisotopic (exact) mass is 386 g/mol. The first-order valence-electron chi connectivity index (χ1n) is 9.37. The van der Waals surface area contributed by atoms with Crippen molar-refractivity contribution in [1.82, 2.24) is 0 Å². The molecule has 136 valence electrons. The molecule has 0 aliphatic heterocycles. The van der Waals surface area contributed by atoms with Gasteiger partial charge in [0.25, 0.3) is 0 Å². The summed E-state index contributed by atoms with van der Waals surface area (Å²) in [6.45, 7) is 0. The third-order valence-corrected chi connectivity index (χ3v) is 5.13. The van der Waals surface area contributed by atoms with Gasteiger partial charge in [0.2, 0.25) is 0 Å². The van der Waals surface area contributed by atoms with Crippen molar-refractivity contribution < 1.29 is 0 Å². The fourth-order valence-electron chi connectivity index (χ4n) is 2.74. The quantitative estimate of drug-likeness (QED) is 0.348. The minimum absolute atomic E-state index is 1.01. The highest BCUT2D eigenvalue weighted by Crippen LogP contribution is 2.28. The van der Waals surface area contributed by atoms with E-state index >= 15 is 0 Å². The van der Waals surface area contributed by atoms with Crippen molar-refractivity contribution in [2.45, 2.75) is 9.79 Å². The molecule has 4 aromatic rings. The lowest BCUT2D eigenvalue weighted by Crippen LogP contribution is -1.80. The normalized spacial score (nSPS) is 9.66. The van der Waals surface area contributed by atoms with E-state index in [0.29, 0.717) is 0 Å². The van der Waals surface area contributed by atoms with Crippen LogP contribution in [-0.2, 0) is 0 Å². The van der Waals surface area contributed by atoms with Gasteiger partial charge >= 0.3 is 0 Å². The topological polar surface area (TPSA) is 0 Å². The van der Waals surface area contributed by atoms with Gasteiger partial charge in [-0.25, -0.2) is 0 Å². The van der Waals surface area contributed by atoms with Crippen LogP contribution < -0.4 is 0 Å². The summed E-state index contributed by atoms with van der Waals surface area (Å²) in [6.07, 6.45) is 0. The van der Waals surface area contributed by atoms with Gasteiger partial charge in [-0.15, -0.1) is 0 Å². The molecule has 0 spiro atoms. The van der Waals surface area contributed by atoms with E-state index in [2.05, 4.69) is 60.1 Å². The minimum Gasteiger partial charge on any atom is -0.0900 e. The molecule has 0 N–H and O–H groups in total. The molecule has 0 bridgehead atoms. The Balaban J connectivity index is 1.50. The summed E-state index contributed by atoms with van der Waals surface area (Å²) in [7, 11) is 0. The Morgan fingerprint density at radius 3 is 1.21 bits per heavy atom. The molecule has 4 aromatic carbocycles. The van der Waals surface area contributed by atoms with Crippen LogP contribution in [0.25, 0.3) is 0 Å². The second-order valence-corrected chi connectivity index (χ2v) is 7.54. The zero-order valence-corrected chi connectivity index (χ0v) is 16.6. The van der Waals surface area contributed by atoms with Gasteiger partial charge in [-0.05, 0) is 60.7 Å². The molecule has 0 radical (unpaired) electrons. The average Bonchev–Trinajstić information content (AvgIpc) is 2.78. The van der Waals surface area contributed by atoms with Crippen LogP contribution in [0, 0.1) is 23.7 Å². The van der Waals surface area contributed by atoms with Crippen molar-refractivity contribution in [3.63, 3.8) is 0 Å². The first-order chi connectivity index (χ1) is 14.3. The molecule has 0 saturated heterocycles. The summed E-state index contributed by atoms with van der Waals surface area (Å²) in [4.78, 5) is 2.33. The van der Waals surface area contributed by atoms with Crippen LogP contribution in [0.4, 0.5) is 0 Å². The summed E-state index contributed by atoms with van der Waals surface area (Å²) < 4.78 is 0.